The Morgan fingerprint density at radius 3 is 2.70 bits per heavy atom. The highest BCUT2D eigenvalue weighted by molar-refractivity contribution is 5.90. The van der Waals surface area contributed by atoms with E-state index in [9.17, 15) is 4.79 Å². The number of carbonyl (C=O) groups is 1. The Labute approximate surface area is 137 Å². The quantitative estimate of drug-likeness (QED) is 0.813. The van der Waals surface area contributed by atoms with Crippen molar-refractivity contribution in [2.75, 3.05) is 19.0 Å². The van der Waals surface area contributed by atoms with Gasteiger partial charge in [0.15, 0.2) is 0 Å². The maximum atomic E-state index is 12.0. The number of rotatable bonds is 8. The van der Waals surface area contributed by atoms with E-state index >= 15 is 0 Å². The summed E-state index contributed by atoms with van der Waals surface area (Å²) in [6, 6.07) is 8.48. The zero-order valence-corrected chi connectivity index (χ0v) is 14.1. The molecule has 1 amide bonds. The summed E-state index contributed by atoms with van der Waals surface area (Å²) in [5, 5.41) is 7.05. The lowest BCUT2D eigenvalue weighted by molar-refractivity contribution is -0.116. The van der Waals surface area contributed by atoms with Crippen LogP contribution in [0.3, 0.4) is 0 Å². The molecule has 0 aliphatic carbocycles. The van der Waals surface area contributed by atoms with Crippen molar-refractivity contribution < 1.29 is 9.53 Å². The molecule has 1 N–H and O–H groups in total. The van der Waals surface area contributed by atoms with Crippen molar-refractivity contribution in [3.63, 3.8) is 0 Å². The largest absolute Gasteiger partial charge is 0.383 e. The second kappa shape index (κ2) is 8.48. The molecule has 23 heavy (non-hydrogen) atoms. The van der Waals surface area contributed by atoms with Crippen LogP contribution in [-0.2, 0) is 22.5 Å². The summed E-state index contributed by atoms with van der Waals surface area (Å²) in [4.78, 5) is 12.0. The summed E-state index contributed by atoms with van der Waals surface area (Å²) < 4.78 is 6.75. The van der Waals surface area contributed by atoms with Crippen molar-refractivity contribution in [1.29, 1.82) is 0 Å². The molecule has 2 rings (SSSR count). The molecule has 5 nitrogen and oxygen atoms in total. The fourth-order valence-electron chi connectivity index (χ4n) is 2.29. The van der Waals surface area contributed by atoms with Crippen molar-refractivity contribution in [3.8, 4) is 0 Å². The topological polar surface area (TPSA) is 56.1 Å². The van der Waals surface area contributed by atoms with E-state index in [1.165, 1.54) is 11.1 Å². The normalized spacial score (nSPS) is 11.0. The number of nitrogens with zero attached hydrogens (tertiary/aromatic N) is 2. The van der Waals surface area contributed by atoms with Gasteiger partial charge in [-0.2, -0.15) is 5.10 Å². The second-order valence-corrected chi connectivity index (χ2v) is 5.93. The molecule has 0 aliphatic heterocycles. The molecule has 2 aromatic rings. The first-order chi connectivity index (χ1) is 11.1. The number of carbonyl (C=O) groups excluding carboxylic acids is 1. The Balaban J connectivity index is 1.79. The predicted octanol–water partition coefficient (Wildman–Crippen LogP) is 3.22. The van der Waals surface area contributed by atoms with Gasteiger partial charge in [-0.05, 0) is 23.5 Å². The van der Waals surface area contributed by atoms with Crippen LogP contribution in [0.15, 0.2) is 36.7 Å². The lowest BCUT2D eigenvalue weighted by atomic mass is 10.0. The number of aryl methyl sites for hydroxylation is 1. The van der Waals surface area contributed by atoms with Crippen molar-refractivity contribution in [2.24, 2.45) is 0 Å². The van der Waals surface area contributed by atoms with Gasteiger partial charge >= 0.3 is 0 Å². The van der Waals surface area contributed by atoms with Crippen molar-refractivity contribution >= 4 is 11.6 Å². The minimum absolute atomic E-state index is 0.00391. The molecule has 0 bridgehead atoms. The third-order valence-electron chi connectivity index (χ3n) is 3.73. The van der Waals surface area contributed by atoms with Gasteiger partial charge in [0, 0.05) is 19.7 Å². The number of hydrogen-bond donors (Lipinski definition) is 1. The smallest absolute Gasteiger partial charge is 0.224 e. The predicted molar refractivity (Wildman–Crippen MR) is 91.6 cm³/mol. The van der Waals surface area contributed by atoms with Gasteiger partial charge in [0.05, 0.1) is 25.0 Å². The number of methoxy groups -OCH3 is 1. The molecule has 0 spiro atoms. The van der Waals surface area contributed by atoms with E-state index in [-0.39, 0.29) is 5.91 Å². The van der Waals surface area contributed by atoms with Crippen LogP contribution in [0.2, 0.25) is 0 Å². The molecule has 0 fully saturated rings. The van der Waals surface area contributed by atoms with Crippen molar-refractivity contribution in [1.82, 2.24) is 9.78 Å². The summed E-state index contributed by atoms with van der Waals surface area (Å²) in [6.45, 7) is 5.63. The van der Waals surface area contributed by atoms with E-state index in [2.05, 4.69) is 48.5 Å². The summed E-state index contributed by atoms with van der Waals surface area (Å²) in [7, 11) is 1.65. The average molecular weight is 315 g/mol. The van der Waals surface area contributed by atoms with E-state index in [4.69, 9.17) is 4.74 Å². The Hall–Kier alpha value is -2.14. The third-order valence-corrected chi connectivity index (χ3v) is 3.73. The minimum Gasteiger partial charge on any atom is -0.383 e. The molecule has 5 heteroatoms. The number of benzene rings is 1. The highest BCUT2D eigenvalue weighted by atomic mass is 16.5. The van der Waals surface area contributed by atoms with Crippen LogP contribution in [0.1, 0.15) is 37.3 Å². The van der Waals surface area contributed by atoms with Gasteiger partial charge < -0.3 is 10.1 Å². The van der Waals surface area contributed by atoms with Crippen LogP contribution in [0, 0.1) is 0 Å². The van der Waals surface area contributed by atoms with Gasteiger partial charge in [0.25, 0.3) is 0 Å². The minimum atomic E-state index is 0.00391. The van der Waals surface area contributed by atoms with E-state index < -0.39 is 0 Å². The van der Waals surface area contributed by atoms with Crippen molar-refractivity contribution in [2.45, 2.75) is 39.2 Å². The molecule has 1 aromatic heterocycles. The number of nitrogens with one attached hydrogen (secondary N) is 1. The SMILES string of the molecule is COCCn1cc(NC(=O)CCc2ccc(C(C)C)cc2)cn1. The van der Waals surface area contributed by atoms with Gasteiger partial charge in [-0.3, -0.25) is 9.48 Å². The monoisotopic (exact) mass is 315 g/mol. The van der Waals surface area contributed by atoms with Gasteiger partial charge in [-0.15, -0.1) is 0 Å². The van der Waals surface area contributed by atoms with Crippen LogP contribution < -0.4 is 5.32 Å². The zero-order chi connectivity index (χ0) is 16.7. The number of hydrogen-bond acceptors (Lipinski definition) is 3. The maximum Gasteiger partial charge on any atom is 0.224 e. The molecule has 0 unspecified atom stereocenters. The average Bonchev–Trinajstić information content (AvgIpc) is 2.98. The molecule has 0 radical (unpaired) electrons. The molecule has 1 aromatic carbocycles. The molecule has 124 valence electrons. The van der Waals surface area contributed by atoms with E-state index in [0.29, 0.717) is 25.5 Å². The third kappa shape index (κ3) is 5.53. The van der Waals surface area contributed by atoms with E-state index in [1.54, 1.807) is 18.0 Å². The Morgan fingerprint density at radius 2 is 2.04 bits per heavy atom. The van der Waals surface area contributed by atoms with Crippen LogP contribution in [0.25, 0.3) is 0 Å². The van der Waals surface area contributed by atoms with Crippen LogP contribution in [-0.4, -0.2) is 29.4 Å². The lowest BCUT2D eigenvalue weighted by Crippen LogP contribution is -2.12. The first-order valence-corrected chi connectivity index (χ1v) is 7.98. The summed E-state index contributed by atoms with van der Waals surface area (Å²) >= 11 is 0. The van der Waals surface area contributed by atoms with Crippen LogP contribution in [0.5, 0.6) is 0 Å². The molecule has 0 atom stereocenters. The number of ether oxygens (including phenoxy) is 1. The highest BCUT2D eigenvalue weighted by Crippen LogP contribution is 2.15. The molecule has 0 saturated carbocycles. The second-order valence-electron chi connectivity index (χ2n) is 5.93. The van der Waals surface area contributed by atoms with E-state index in [0.717, 1.165) is 12.1 Å². The Bertz CT molecular complexity index is 617. The van der Waals surface area contributed by atoms with E-state index in [1.807, 2.05) is 6.20 Å². The zero-order valence-electron chi connectivity index (χ0n) is 14.1. The highest BCUT2D eigenvalue weighted by Gasteiger charge is 2.06. The number of anilines is 1. The first kappa shape index (κ1) is 17.2. The van der Waals surface area contributed by atoms with Gasteiger partial charge in [0.2, 0.25) is 5.91 Å². The van der Waals surface area contributed by atoms with Gasteiger partial charge in [-0.1, -0.05) is 38.1 Å². The van der Waals surface area contributed by atoms with Crippen LogP contribution >= 0.6 is 0 Å². The number of amides is 1. The fraction of sp³-hybridized carbons (Fsp3) is 0.444. The Kier molecular flexibility index (Phi) is 6.35. The van der Waals surface area contributed by atoms with Gasteiger partial charge in [-0.25, -0.2) is 0 Å². The fourth-order valence-corrected chi connectivity index (χ4v) is 2.29. The lowest BCUT2D eigenvalue weighted by Gasteiger charge is -2.07. The first-order valence-electron chi connectivity index (χ1n) is 7.98. The summed E-state index contributed by atoms with van der Waals surface area (Å²) in [5.74, 6) is 0.534. The molecular formula is C18H25N3O2. The molecule has 1 heterocycles. The maximum absolute atomic E-state index is 12.0. The van der Waals surface area contributed by atoms with Crippen LogP contribution in [0.4, 0.5) is 5.69 Å². The summed E-state index contributed by atoms with van der Waals surface area (Å²) in [5.41, 5.74) is 3.23. The molecule has 0 aliphatic rings. The molecular weight excluding hydrogens is 290 g/mol. The van der Waals surface area contributed by atoms with Gasteiger partial charge in [0.1, 0.15) is 0 Å². The van der Waals surface area contributed by atoms with Crippen molar-refractivity contribution in [3.05, 3.63) is 47.8 Å². The standard InChI is InChI=1S/C18H25N3O2/c1-14(2)16-7-4-15(5-8-16)6-9-18(22)20-17-12-19-21(13-17)10-11-23-3/h4-5,7-8,12-14H,6,9-11H2,1-3H3,(H,20,22). The Morgan fingerprint density at radius 1 is 1.30 bits per heavy atom. The number of aromatic nitrogens is 2. The molecule has 0 saturated heterocycles. The summed E-state index contributed by atoms with van der Waals surface area (Å²) in [6.07, 6.45) is 4.67.